The predicted molar refractivity (Wildman–Crippen MR) is 44.4 cm³/mol. The van der Waals surface area contributed by atoms with E-state index in [0.29, 0.717) is 0 Å². The summed E-state index contributed by atoms with van der Waals surface area (Å²) in [5.74, 6) is -0.404. The molecule has 12 heavy (non-hydrogen) atoms. The molecule has 0 aromatic heterocycles. The zero-order valence-electron chi connectivity index (χ0n) is 6.99. The molecule has 0 rings (SSSR count). The van der Waals surface area contributed by atoms with Crippen molar-refractivity contribution in [2.45, 2.75) is 19.9 Å². The van der Waals surface area contributed by atoms with Gasteiger partial charge >= 0.3 is 0 Å². The van der Waals surface area contributed by atoms with Gasteiger partial charge in [-0.05, 0) is 13.8 Å². The molecule has 0 unspecified atom stereocenters. The summed E-state index contributed by atoms with van der Waals surface area (Å²) in [5.41, 5.74) is 0. The van der Waals surface area contributed by atoms with Crippen LogP contribution in [0.3, 0.4) is 0 Å². The second kappa shape index (κ2) is 4.39. The molecule has 1 amide bonds. The van der Waals surface area contributed by atoms with E-state index >= 15 is 0 Å². The lowest BCUT2D eigenvalue weighted by molar-refractivity contribution is -0.120. The highest BCUT2D eigenvalue weighted by atomic mass is 32.2. The monoisotopic (exact) mass is 195 g/mol. The fourth-order valence-corrected chi connectivity index (χ4v) is 0.871. The van der Waals surface area contributed by atoms with E-state index in [-0.39, 0.29) is 12.6 Å². The van der Waals surface area contributed by atoms with Gasteiger partial charge in [-0.15, -0.1) is 0 Å². The van der Waals surface area contributed by atoms with Crippen molar-refractivity contribution in [3.63, 3.8) is 0 Å². The molecular formula is C5H13N3O3S. The predicted octanol–water partition coefficient (Wildman–Crippen LogP) is -1.70. The van der Waals surface area contributed by atoms with Gasteiger partial charge in [-0.1, -0.05) is 0 Å². The molecular weight excluding hydrogens is 182 g/mol. The van der Waals surface area contributed by atoms with Gasteiger partial charge in [0.1, 0.15) is 0 Å². The van der Waals surface area contributed by atoms with Crippen LogP contribution in [0.4, 0.5) is 0 Å². The minimum absolute atomic E-state index is 0.0141. The Balaban J connectivity index is 3.73. The molecule has 4 N–H and O–H groups in total. The first-order chi connectivity index (χ1) is 5.31. The molecule has 6 nitrogen and oxygen atoms in total. The molecule has 0 aromatic carbocycles. The second-order valence-electron chi connectivity index (χ2n) is 2.59. The SMILES string of the molecule is CC(C)NC(=O)CNS(N)(=O)=O. The second-order valence-corrected chi connectivity index (χ2v) is 3.97. The van der Waals surface area contributed by atoms with Gasteiger partial charge in [-0.2, -0.15) is 13.1 Å². The van der Waals surface area contributed by atoms with Crippen molar-refractivity contribution in [2.24, 2.45) is 5.14 Å². The van der Waals surface area contributed by atoms with Crippen molar-refractivity contribution in [1.29, 1.82) is 0 Å². The van der Waals surface area contributed by atoms with Crippen LogP contribution in [-0.2, 0) is 15.0 Å². The number of rotatable bonds is 4. The molecule has 7 heteroatoms. The molecule has 72 valence electrons. The van der Waals surface area contributed by atoms with Gasteiger partial charge in [0.05, 0.1) is 6.54 Å². The van der Waals surface area contributed by atoms with Crippen LogP contribution in [0, 0.1) is 0 Å². The topological polar surface area (TPSA) is 101 Å². The minimum Gasteiger partial charge on any atom is -0.353 e. The zero-order chi connectivity index (χ0) is 9.78. The highest BCUT2D eigenvalue weighted by molar-refractivity contribution is 7.87. The standard InChI is InChI=1S/C5H13N3O3S/c1-4(2)8-5(9)3-7-12(6,10)11/h4,7H,3H2,1-2H3,(H,8,9)(H2,6,10,11). The fourth-order valence-electron chi connectivity index (χ4n) is 0.539. The van der Waals surface area contributed by atoms with Gasteiger partial charge < -0.3 is 5.32 Å². The number of amides is 1. The van der Waals surface area contributed by atoms with Crippen LogP contribution in [0.5, 0.6) is 0 Å². The Morgan fingerprint density at radius 3 is 2.33 bits per heavy atom. The summed E-state index contributed by atoms with van der Waals surface area (Å²) in [6.07, 6.45) is 0. The molecule has 0 atom stereocenters. The molecule has 0 heterocycles. The van der Waals surface area contributed by atoms with E-state index in [1.54, 1.807) is 13.8 Å². The number of nitrogens with two attached hydrogens (primary N) is 1. The van der Waals surface area contributed by atoms with E-state index in [9.17, 15) is 13.2 Å². The van der Waals surface area contributed by atoms with Crippen molar-refractivity contribution >= 4 is 16.1 Å². The van der Waals surface area contributed by atoms with Crippen LogP contribution < -0.4 is 15.2 Å². The maximum Gasteiger partial charge on any atom is 0.274 e. The van der Waals surface area contributed by atoms with E-state index in [1.165, 1.54) is 0 Å². The van der Waals surface area contributed by atoms with Crippen molar-refractivity contribution < 1.29 is 13.2 Å². The lowest BCUT2D eigenvalue weighted by Gasteiger charge is -2.07. The smallest absolute Gasteiger partial charge is 0.274 e. The molecule has 0 aliphatic rings. The summed E-state index contributed by atoms with van der Waals surface area (Å²) in [5, 5.41) is 7.09. The van der Waals surface area contributed by atoms with E-state index in [2.05, 4.69) is 10.5 Å². The Bertz CT molecular complexity index is 247. The fraction of sp³-hybridized carbons (Fsp3) is 0.800. The van der Waals surface area contributed by atoms with Crippen molar-refractivity contribution in [1.82, 2.24) is 10.0 Å². The largest absolute Gasteiger partial charge is 0.353 e. The van der Waals surface area contributed by atoms with Gasteiger partial charge in [0.15, 0.2) is 0 Å². The first-order valence-corrected chi connectivity index (χ1v) is 4.92. The van der Waals surface area contributed by atoms with E-state index in [1.807, 2.05) is 4.72 Å². The highest BCUT2D eigenvalue weighted by Gasteiger charge is 2.06. The number of carbonyl (C=O) groups excluding carboxylic acids is 1. The quantitative estimate of drug-likeness (QED) is 0.498. The van der Waals surface area contributed by atoms with Crippen LogP contribution in [0.25, 0.3) is 0 Å². The van der Waals surface area contributed by atoms with Crippen LogP contribution in [0.1, 0.15) is 13.8 Å². The molecule has 0 saturated carbocycles. The van der Waals surface area contributed by atoms with Crippen LogP contribution in [0.2, 0.25) is 0 Å². The summed E-state index contributed by atoms with van der Waals surface area (Å²) in [4.78, 5) is 10.8. The van der Waals surface area contributed by atoms with Gasteiger partial charge in [0.25, 0.3) is 10.2 Å². The molecule has 0 fully saturated rings. The van der Waals surface area contributed by atoms with Crippen molar-refractivity contribution in [3.8, 4) is 0 Å². The number of hydrogen-bond donors (Lipinski definition) is 3. The summed E-state index contributed by atoms with van der Waals surface area (Å²) >= 11 is 0. The number of hydrogen-bond acceptors (Lipinski definition) is 3. The van der Waals surface area contributed by atoms with Crippen LogP contribution in [0.15, 0.2) is 0 Å². The maximum absolute atomic E-state index is 10.8. The van der Waals surface area contributed by atoms with Crippen LogP contribution in [-0.4, -0.2) is 26.9 Å². The molecule has 0 saturated heterocycles. The highest BCUT2D eigenvalue weighted by Crippen LogP contribution is 1.76. The summed E-state index contributed by atoms with van der Waals surface area (Å²) in [6, 6.07) is -0.0141. The first-order valence-electron chi connectivity index (χ1n) is 3.38. The average molecular weight is 195 g/mol. The average Bonchev–Trinajstić information content (AvgIpc) is 1.80. The summed E-state index contributed by atoms with van der Waals surface area (Å²) < 4.78 is 22.5. The van der Waals surface area contributed by atoms with Gasteiger partial charge in [-0.3, -0.25) is 4.79 Å². The summed E-state index contributed by atoms with van der Waals surface area (Å²) in [7, 11) is -3.77. The third kappa shape index (κ3) is 7.45. The zero-order valence-corrected chi connectivity index (χ0v) is 7.81. The van der Waals surface area contributed by atoms with Crippen molar-refractivity contribution in [3.05, 3.63) is 0 Å². The Labute approximate surface area is 71.7 Å². The minimum atomic E-state index is -3.77. The van der Waals surface area contributed by atoms with Crippen LogP contribution >= 0.6 is 0 Å². The maximum atomic E-state index is 10.8. The normalized spacial score (nSPS) is 11.7. The Hall–Kier alpha value is -0.660. The Morgan fingerprint density at radius 2 is 2.00 bits per heavy atom. The molecule has 0 aliphatic carbocycles. The van der Waals surface area contributed by atoms with Gasteiger partial charge in [-0.25, -0.2) is 5.14 Å². The first kappa shape index (κ1) is 11.3. The lowest BCUT2D eigenvalue weighted by atomic mass is 10.4. The lowest BCUT2D eigenvalue weighted by Crippen LogP contribution is -2.41. The Morgan fingerprint density at radius 1 is 1.50 bits per heavy atom. The van der Waals surface area contributed by atoms with Gasteiger partial charge in [0.2, 0.25) is 5.91 Å². The molecule has 0 aliphatic heterocycles. The van der Waals surface area contributed by atoms with E-state index < -0.39 is 16.1 Å². The van der Waals surface area contributed by atoms with Gasteiger partial charge in [0, 0.05) is 6.04 Å². The number of nitrogens with one attached hydrogen (secondary N) is 2. The third-order valence-corrected chi connectivity index (χ3v) is 1.43. The number of carbonyl (C=O) groups is 1. The summed E-state index contributed by atoms with van der Waals surface area (Å²) in [6.45, 7) is 3.22. The molecule has 0 radical (unpaired) electrons. The molecule has 0 aromatic rings. The van der Waals surface area contributed by atoms with Crippen molar-refractivity contribution in [2.75, 3.05) is 6.54 Å². The van der Waals surface area contributed by atoms with E-state index in [4.69, 9.17) is 0 Å². The van der Waals surface area contributed by atoms with E-state index in [0.717, 1.165) is 0 Å². The molecule has 0 spiro atoms. The Kier molecular flexibility index (Phi) is 4.15. The third-order valence-electron chi connectivity index (χ3n) is 0.884. The molecule has 0 bridgehead atoms.